The highest BCUT2D eigenvalue weighted by Crippen LogP contribution is 2.24. The van der Waals surface area contributed by atoms with E-state index >= 15 is 0 Å². The molecule has 0 unspecified atom stereocenters. The van der Waals surface area contributed by atoms with Gasteiger partial charge in [0.25, 0.3) is 0 Å². The summed E-state index contributed by atoms with van der Waals surface area (Å²) in [6.45, 7) is 5.29. The second kappa shape index (κ2) is 7.33. The first-order chi connectivity index (χ1) is 8.19. The molecule has 0 spiro atoms. The summed E-state index contributed by atoms with van der Waals surface area (Å²) in [7, 11) is 0. The molecule has 1 N–H and O–H groups in total. The largest absolute Gasteiger partial charge is 0.462 e. The van der Waals surface area contributed by atoms with Gasteiger partial charge in [0.05, 0.1) is 12.2 Å². The Labute approximate surface area is 111 Å². The van der Waals surface area contributed by atoms with Gasteiger partial charge in [-0.05, 0) is 47.5 Å². The lowest BCUT2D eigenvalue weighted by Crippen LogP contribution is -2.06. The number of halogens is 1. The van der Waals surface area contributed by atoms with E-state index in [2.05, 4.69) is 28.2 Å². The number of unbranched alkanes of at least 4 members (excludes halogenated alkanes) is 1. The molecule has 0 aliphatic carbocycles. The second-order valence-electron chi connectivity index (χ2n) is 3.70. The van der Waals surface area contributed by atoms with Gasteiger partial charge in [-0.1, -0.05) is 13.3 Å². The Balaban J connectivity index is 2.68. The van der Waals surface area contributed by atoms with Crippen LogP contribution in [0.2, 0.25) is 0 Å². The number of hydrogen-bond donors (Lipinski definition) is 1. The highest BCUT2D eigenvalue weighted by molar-refractivity contribution is 9.10. The molecule has 0 heterocycles. The molecule has 0 radical (unpaired) electrons. The zero-order chi connectivity index (χ0) is 12.7. The summed E-state index contributed by atoms with van der Waals surface area (Å²) in [6.07, 6.45) is 2.29. The van der Waals surface area contributed by atoms with Crippen LogP contribution in [0.5, 0.6) is 0 Å². The van der Waals surface area contributed by atoms with Crippen LogP contribution in [-0.4, -0.2) is 19.1 Å². The van der Waals surface area contributed by atoms with Crippen LogP contribution in [0.25, 0.3) is 0 Å². The summed E-state index contributed by atoms with van der Waals surface area (Å²) in [6, 6.07) is 5.45. The molecule has 3 nitrogen and oxygen atoms in total. The Morgan fingerprint density at radius 3 is 2.76 bits per heavy atom. The van der Waals surface area contributed by atoms with Gasteiger partial charge in [0.1, 0.15) is 0 Å². The first-order valence-corrected chi connectivity index (χ1v) is 6.68. The monoisotopic (exact) mass is 299 g/mol. The molecule has 1 aromatic carbocycles. The van der Waals surface area contributed by atoms with Crippen molar-refractivity contribution in [1.82, 2.24) is 0 Å². The number of hydrogen-bond acceptors (Lipinski definition) is 3. The predicted octanol–water partition coefficient (Wildman–Crippen LogP) is 3.84. The van der Waals surface area contributed by atoms with Crippen molar-refractivity contribution >= 4 is 27.6 Å². The Morgan fingerprint density at radius 1 is 1.41 bits per heavy atom. The van der Waals surface area contributed by atoms with Crippen LogP contribution < -0.4 is 5.32 Å². The minimum absolute atomic E-state index is 0.284. The third kappa shape index (κ3) is 4.38. The highest BCUT2D eigenvalue weighted by Gasteiger charge is 2.08. The van der Waals surface area contributed by atoms with E-state index in [1.54, 1.807) is 19.1 Å². The van der Waals surface area contributed by atoms with E-state index in [9.17, 15) is 4.79 Å². The van der Waals surface area contributed by atoms with Crippen molar-refractivity contribution in [1.29, 1.82) is 0 Å². The molecule has 0 aromatic heterocycles. The van der Waals surface area contributed by atoms with Crippen LogP contribution in [0.4, 0.5) is 5.69 Å². The van der Waals surface area contributed by atoms with Crippen molar-refractivity contribution in [2.24, 2.45) is 0 Å². The van der Waals surface area contributed by atoms with Crippen LogP contribution in [0, 0.1) is 0 Å². The fourth-order valence-electron chi connectivity index (χ4n) is 1.40. The minimum atomic E-state index is -0.284. The summed E-state index contributed by atoms with van der Waals surface area (Å²) < 4.78 is 5.83. The third-order valence-electron chi connectivity index (χ3n) is 2.33. The smallest absolute Gasteiger partial charge is 0.338 e. The van der Waals surface area contributed by atoms with Gasteiger partial charge in [0.15, 0.2) is 0 Å². The van der Waals surface area contributed by atoms with E-state index < -0.39 is 0 Å². The fraction of sp³-hybridized carbons (Fsp3) is 0.462. The standard InChI is InChI=1S/C13H18BrNO2/c1-3-5-8-15-12-7-6-10(9-11(12)14)13(16)17-4-2/h6-7,9,15H,3-5,8H2,1-2H3. The zero-order valence-electron chi connectivity index (χ0n) is 10.3. The summed E-state index contributed by atoms with van der Waals surface area (Å²) in [5, 5.41) is 3.31. The van der Waals surface area contributed by atoms with Gasteiger partial charge in [0, 0.05) is 16.7 Å². The quantitative estimate of drug-likeness (QED) is 0.641. The van der Waals surface area contributed by atoms with Crippen molar-refractivity contribution in [2.75, 3.05) is 18.5 Å². The number of benzene rings is 1. The first-order valence-electron chi connectivity index (χ1n) is 5.89. The molecule has 94 valence electrons. The number of esters is 1. The van der Waals surface area contributed by atoms with Gasteiger partial charge in [0.2, 0.25) is 0 Å². The van der Waals surface area contributed by atoms with E-state index in [-0.39, 0.29) is 5.97 Å². The number of ether oxygens (including phenoxy) is 1. The number of carbonyl (C=O) groups excluding carboxylic acids is 1. The van der Waals surface area contributed by atoms with Crippen molar-refractivity contribution in [3.05, 3.63) is 28.2 Å². The molecule has 17 heavy (non-hydrogen) atoms. The van der Waals surface area contributed by atoms with Crippen molar-refractivity contribution < 1.29 is 9.53 Å². The van der Waals surface area contributed by atoms with Crippen molar-refractivity contribution in [3.8, 4) is 0 Å². The van der Waals surface area contributed by atoms with Gasteiger partial charge in [-0.3, -0.25) is 0 Å². The van der Waals surface area contributed by atoms with Crippen LogP contribution in [0.3, 0.4) is 0 Å². The van der Waals surface area contributed by atoms with Gasteiger partial charge >= 0.3 is 5.97 Å². The first kappa shape index (κ1) is 14.0. The molecule has 0 amide bonds. The van der Waals surface area contributed by atoms with Crippen LogP contribution >= 0.6 is 15.9 Å². The van der Waals surface area contributed by atoms with Crippen LogP contribution in [-0.2, 0) is 4.74 Å². The zero-order valence-corrected chi connectivity index (χ0v) is 11.8. The van der Waals surface area contributed by atoms with Crippen molar-refractivity contribution in [2.45, 2.75) is 26.7 Å². The lowest BCUT2D eigenvalue weighted by molar-refractivity contribution is 0.0526. The fourth-order valence-corrected chi connectivity index (χ4v) is 1.92. The second-order valence-corrected chi connectivity index (χ2v) is 4.55. The van der Waals surface area contributed by atoms with E-state index in [4.69, 9.17) is 4.74 Å². The van der Waals surface area contributed by atoms with Gasteiger partial charge in [-0.15, -0.1) is 0 Å². The lowest BCUT2D eigenvalue weighted by atomic mass is 10.2. The molecule has 0 aliphatic heterocycles. The van der Waals surface area contributed by atoms with E-state index in [1.165, 1.54) is 0 Å². The molecule has 0 saturated carbocycles. The average molecular weight is 300 g/mol. The number of anilines is 1. The Bertz CT molecular complexity index is 380. The van der Waals surface area contributed by atoms with Gasteiger partial charge in [-0.25, -0.2) is 4.79 Å². The molecule has 0 bridgehead atoms. The summed E-state index contributed by atoms with van der Waals surface area (Å²) in [5.41, 5.74) is 1.58. The molecule has 0 saturated heterocycles. The number of nitrogens with one attached hydrogen (secondary N) is 1. The summed E-state index contributed by atoms with van der Waals surface area (Å²) in [4.78, 5) is 11.5. The molecule has 1 aromatic rings. The molecular formula is C13H18BrNO2. The minimum Gasteiger partial charge on any atom is -0.462 e. The topological polar surface area (TPSA) is 38.3 Å². The van der Waals surface area contributed by atoms with E-state index in [0.29, 0.717) is 12.2 Å². The Morgan fingerprint density at radius 2 is 2.18 bits per heavy atom. The molecule has 1 rings (SSSR count). The SMILES string of the molecule is CCCCNc1ccc(C(=O)OCC)cc1Br. The maximum Gasteiger partial charge on any atom is 0.338 e. The number of carbonyl (C=O) groups is 1. The molecule has 0 atom stereocenters. The average Bonchev–Trinajstić information content (AvgIpc) is 2.31. The van der Waals surface area contributed by atoms with E-state index in [1.807, 2.05) is 6.07 Å². The normalized spacial score (nSPS) is 10.1. The molecular weight excluding hydrogens is 282 g/mol. The lowest BCUT2D eigenvalue weighted by Gasteiger charge is -2.09. The summed E-state index contributed by atoms with van der Waals surface area (Å²) in [5.74, 6) is -0.284. The Kier molecular flexibility index (Phi) is 6.05. The maximum absolute atomic E-state index is 11.5. The third-order valence-corrected chi connectivity index (χ3v) is 2.98. The molecule has 4 heteroatoms. The van der Waals surface area contributed by atoms with Crippen LogP contribution in [0.15, 0.2) is 22.7 Å². The molecule has 0 aliphatic rings. The van der Waals surface area contributed by atoms with E-state index in [0.717, 1.165) is 29.5 Å². The van der Waals surface area contributed by atoms with Gasteiger partial charge < -0.3 is 10.1 Å². The van der Waals surface area contributed by atoms with Crippen molar-refractivity contribution in [3.63, 3.8) is 0 Å². The van der Waals surface area contributed by atoms with Crippen LogP contribution in [0.1, 0.15) is 37.0 Å². The molecule has 0 fully saturated rings. The van der Waals surface area contributed by atoms with Gasteiger partial charge in [-0.2, -0.15) is 0 Å². The maximum atomic E-state index is 11.5. The highest BCUT2D eigenvalue weighted by atomic mass is 79.9. The Hall–Kier alpha value is -1.03. The summed E-state index contributed by atoms with van der Waals surface area (Å²) >= 11 is 3.45. The predicted molar refractivity (Wildman–Crippen MR) is 73.5 cm³/mol. The number of rotatable bonds is 6.